The maximum atomic E-state index is 13.9. The summed E-state index contributed by atoms with van der Waals surface area (Å²) in [5, 5.41) is 5.98. The zero-order valence-electron chi connectivity index (χ0n) is 37.2. The Bertz CT molecular complexity index is 1850. The van der Waals surface area contributed by atoms with E-state index in [0.29, 0.717) is 16.3 Å². The van der Waals surface area contributed by atoms with Crippen LogP contribution < -0.4 is 15.4 Å². The Morgan fingerprint density at radius 2 is 1.64 bits per heavy atom. The van der Waals surface area contributed by atoms with Crippen molar-refractivity contribution >= 4 is 56.9 Å². The van der Waals surface area contributed by atoms with Gasteiger partial charge in [0.1, 0.15) is 24.0 Å². The van der Waals surface area contributed by atoms with Crippen molar-refractivity contribution in [3.8, 4) is 5.75 Å². The van der Waals surface area contributed by atoms with Crippen LogP contribution in [0.2, 0.25) is 5.02 Å². The first kappa shape index (κ1) is 48.8. The van der Waals surface area contributed by atoms with Gasteiger partial charge in [-0.15, -0.1) is 0 Å². The van der Waals surface area contributed by atoms with E-state index in [4.69, 9.17) is 30.5 Å². The number of hydrogen-bond acceptors (Lipinski definition) is 12. The van der Waals surface area contributed by atoms with Gasteiger partial charge in [0.05, 0.1) is 23.7 Å². The second kappa shape index (κ2) is 21.9. The molecule has 61 heavy (non-hydrogen) atoms. The minimum atomic E-state index is -1.21. The van der Waals surface area contributed by atoms with Gasteiger partial charge in [0.25, 0.3) is 0 Å². The number of cyclic esters (lactones) is 2. The van der Waals surface area contributed by atoms with Crippen molar-refractivity contribution in [1.82, 2.24) is 20.4 Å². The number of rotatable bonds is 14. The summed E-state index contributed by atoms with van der Waals surface area (Å²) in [6.45, 7) is 19.8. The average molecular weight is 902 g/mol. The van der Waals surface area contributed by atoms with Crippen LogP contribution in [0.3, 0.4) is 0 Å². The van der Waals surface area contributed by atoms with Gasteiger partial charge in [-0.3, -0.25) is 24.2 Å². The molecule has 3 heterocycles. The zero-order valence-corrected chi connectivity index (χ0v) is 39.6. The first-order chi connectivity index (χ1) is 28.9. The number of epoxide rings is 1. The molecule has 0 unspecified atom stereocenters. The van der Waals surface area contributed by atoms with E-state index < -0.39 is 47.4 Å². The number of amides is 2. The molecule has 336 valence electrons. The van der Waals surface area contributed by atoms with Gasteiger partial charge in [-0.2, -0.15) is 0 Å². The number of hydrogen-bond donors (Lipinski definition) is 2. The molecule has 2 aromatic carbocycles. The van der Waals surface area contributed by atoms with Gasteiger partial charge in [0.2, 0.25) is 11.8 Å². The minimum Gasteiger partial charge on any atom is -0.495 e. The topological polar surface area (TPSA) is 139 Å². The number of halogens is 1. The third-order valence-electron chi connectivity index (χ3n) is 11.4. The third-order valence-corrected chi connectivity index (χ3v) is 14.3. The van der Waals surface area contributed by atoms with Gasteiger partial charge in [0.15, 0.2) is 6.10 Å². The molecule has 0 bridgehead atoms. The summed E-state index contributed by atoms with van der Waals surface area (Å²) in [6.07, 6.45) is 3.40. The number of ether oxygens (including phenoxy) is 4. The van der Waals surface area contributed by atoms with Crippen molar-refractivity contribution in [3.63, 3.8) is 0 Å². The highest BCUT2D eigenvalue weighted by molar-refractivity contribution is 8.77. The Balaban J connectivity index is 1.28. The molecule has 6 atom stereocenters. The van der Waals surface area contributed by atoms with Crippen LogP contribution in [0.4, 0.5) is 0 Å². The van der Waals surface area contributed by atoms with Crippen LogP contribution in [0.1, 0.15) is 84.1 Å². The number of methoxy groups -OCH3 is 1. The van der Waals surface area contributed by atoms with Crippen molar-refractivity contribution in [1.29, 1.82) is 0 Å². The Morgan fingerprint density at radius 3 is 2.28 bits per heavy atom. The van der Waals surface area contributed by atoms with E-state index in [0.717, 1.165) is 44.8 Å². The largest absolute Gasteiger partial charge is 0.495 e. The summed E-state index contributed by atoms with van der Waals surface area (Å²) in [6, 6.07) is 12.7. The molecule has 0 saturated carbocycles. The SMILES string of the molecule is COc1ccc(C[C@H]2NC(=O)/C=C/C[C@@H]([C@H](C)[C@@H]3O[C@@H]3c3ccc(CN4CCN(CC(C)(C)SSC)CC4)cc3)OC(=O)[C@H](CC(C)C)OC(=O)C(C)(C)CNC2=O)cc1Cl. The van der Waals surface area contributed by atoms with Crippen molar-refractivity contribution in [2.75, 3.05) is 52.6 Å². The molecular weight excluding hydrogens is 836 g/mol. The van der Waals surface area contributed by atoms with Crippen LogP contribution >= 0.6 is 33.2 Å². The number of carbonyl (C=O) groups is 4. The molecule has 0 radical (unpaired) electrons. The average Bonchev–Trinajstić information content (AvgIpc) is 4.00. The lowest BCUT2D eigenvalue weighted by Gasteiger charge is -2.38. The highest BCUT2D eigenvalue weighted by atomic mass is 35.5. The van der Waals surface area contributed by atoms with Crippen molar-refractivity contribution in [2.24, 2.45) is 17.3 Å². The third kappa shape index (κ3) is 14.4. The Kier molecular flexibility index (Phi) is 17.5. The summed E-state index contributed by atoms with van der Waals surface area (Å²) < 4.78 is 23.8. The molecular formula is C46H65ClN4O8S2. The van der Waals surface area contributed by atoms with Crippen molar-refractivity contribution in [3.05, 3.63) is 76.3 Å². The summed E-state index contributed by atoms with van der Waals surface area (Å²) in [7, 11) is 5.28. The number of esters is 2. The van der Waals surface area contributed by atoms with Gasteiger partial charge < -0.3 is 29.6 Å². The Labute approximate surface area is 375 Å². The van der Waals surface area contributed by atoms with E-state index in [1.54, 1.807) is 38.1 Å². The molecule has 0 spiro atoms. The summed E-state index contributed by atoms with van der Waals surface area (Å²) >= 11 is 6.38. The summed E-state index contributed by atoms with van der Waals surface area (Å²) in [5.74, 6) is -2.09. The van der Waals surface area contributed by atoms with Crippen LogP contribution in [0.25, 0.3) is 0 Å². The molecule has 0 aromatic heterocycles. The highest BCUT2D eigenvalue weighted by Crippen LogP contribution is 2.45. The minimum absolute atomic E-state index is 0.00978. The van der Waals surface area contributed by atoms with Gasteiger partial charge >= 0.3 is 11.9 Å². The van der Waals surface area contributed by atoms with Crippen LogP contribution in [-0.4, -0.2) is 115 Å². The van der Waals surface area contributed by atoms with E-state index in [-0.39, 0.29) is 54.6 Å². The smallest absolute Gasteiger partial charge is 0.347 e. The molecule has 2 amide bonds. The van der Waals surface area contributed by atoms with E-state index in [1.807, 2.05) is 42.4 Å². The molecule has 3 aliphatic heterocycles. The fourth-order valence-electron chi connectivity index (χ4n) is 7.79. The lowest BCUT2D eigenvalue weighted by Crippen LogP contribution is -2.51. The Hall–Kier alpha value is -3.27. The van der Waals surface area contributed by atoms with Gasteiger partial charge in [0, 0.05) is 69.3 Å². The lowest BCUT2D eigenvalue weighted by molar-refractivity contribution is -0.179. The first-order valence-corrected chi connectivity index (χ1v) is 24.2. The second-order valence-corrected chi connectivity index (χ2v) is 21.7. The number of nitrogens with one attached hydrogen (secondary N) is 2. The number of nitrogens with zero attached hydrogens (tertiary/aromatic N) is 2. The van der Waals surface area contributed by atoms with Crippen LogP contribution in [0.5, 0.6) is 5.75 Å². The van der Waals surface area contributed by atoms with E-state index in [1.165, 1.54) is 18.7 Å². The Morgan fingerprint density at radius 1 is 0.967 bits per heavy atom. The number of carbonyl (C=O) groups excluding carboxylic acids is 4. The molecule has 15 heteroatoms. The van der Waals surface area contributed by atoms with Gasteiger partial charge in [-0.1, -0.05) is 90.4 Å². The first-order valence-electron chi connectivity index (χ1n) is 21.3. The van der Waals surface area contributed by atoms with Crippen molar-refractivity contribution in [2.45, 2.75) is 109 Å². The summed E-state index contributed by atoms with van der Waals surface area (Å²) in [4.78, 5) is 59.6. The highest BCUT2D eigenvalue weighted by Gasteiger charge is 2.48. The fourth-order valence-corrected chi connectivity index (χ4v) is 10.3. The normalized spacial score (nSPS) is 25.9. The maximum absolute atomic E-state index is 13.9. The molecule has 0 aliphatic carbocycles. The fraction of sp³-hybridized carbons (Fsp3) is 0.609. The molecule has 3 aliphatic rings. The van der Waals surface area contributed by atoms with E-state index in [2.05, 4.69) is 64.8 Å². The quantitative estimate of drug-likeness (QED) is 0.114. The molecule has 2 fully saturated rings. The van der Waals surface area contributed by atoms with Crippen molar-refractivity contribution < 1.29 is 38.1 Å². The molecule has 5 rings (SSSR count). The molecule has 2 saturated heterocycles. The standard InChI is InChI=1S/C46H65ClN4O8S2/c1-29(2)23-38-43(54)57-36(30(3)40-41(59-40)33-16-13-31(14-17-33)26-50-19-21-51(22-20-50)28-46(6,7)61-60-9)11-10-12-39(52)49-35(25-32-15-18-37(56-8)34(47)24-32)42(53)48-27-45(4,5)44(55)58-38/h10,12-18,24,29-30,35-36,38,40-41H,11,19-23,25-28H2,1-9H3,(H,48,53)(H,49,52)/b12-10+/t30-,35+,36-,38-,40-,41+/m0/s1. The molecule has 12 nitrogen and oxygen atoms in total. The number of benzene rings is 2. The van der Waals surface area contributed by atoms with E-state index in [9.17, 15) is 19.2 Å². The maximum Gasteiger partial charge on any atom is 0.347 e. The van der Waals surface area contributed by atoms with E-state index >= 15 is 0 Å². The predicted octanol–water partition coefficient (Wildman–Crippen LogP) is 7.03. The molecule has 2 N–H and O–H groups in total. The second-order valence-electron chi connectivity index (χ2n) is 18.2. The number of piperazine rings is 1. The van der Waals surface area contributed by atoms with Crippen LogP contribution in [-0.2, 0) is 46.4 Å². The lowest BCUT2D eigenvalue weighted by atomic mass is 9.92. The van der Waals surface area contributed by atoms with Crippen LogP contribution in [0, 0.1) is 17.3 Å². The van der Waals surface area contributed by atoms with Crippen LogP contribution in [0.15, 0.2) is 54.6 Å². The van der Waals surface area contributed by atoms with Gasteiger partial charge in [-0.05, 0) is 81.2 Å². The molecule has 2 aromatic rings. The predicted molar refractivity (Wildman–Crippen MR) is 244 cm³/mol. The summed E-state index contributed by atoms with van der Waals surface area (Å²) in [5.41, 5.74) is 1.78. The van der Waals surface area contributed by atoms with Gasteiger partial charge in [-0.25, -0.2) is 4.79 Å². The monoisotopic (exact) mass is 900 g/mol. The zero-order chi connectivity index (χ0) is 44.5.